The summed E-state index contributed by atoms with van der Waals surface area (Å²) >= 11 is 0. The minimum absolute atomic E-state index is 0.116. The standard InChI is InChI=1S/C23H29N3O4S/c1-17(2)15-24-23(28)20-12-6-7-13-21(20)25-22(27)18-9-8-14-26(16-18)31(29,30)19-10-4-3-5-11-19/h3-7,10-13,17-18H,8-9,14-16H2,1-2H3,(H,24,28)(H,25,27)/t18-/m1/s1. The number of benzene rings is 2. The van der Waals surface area contributed by atoms with Gasteiger partial charge in [-0.2, -0.15) is 4.31 Å². The van der Waals surface area contributed by atoms with Crippen LogP contribution in [0.2, 0.25) is 0 Å². The minimum atomic E-state index is -3.65. The maximum absolute atomic E-state index is 13.0. The zero-order valence-corrected chi connectivity index (χ0v) is 18.7. The molecule has 0 aliphatic carbocycles. The average molecular weight is 444 g/mol. The Morgan fingerprint density at radius 1 is 1.06 bits per heavy atom. The molecule has 1 aliphatic rings. The lowest BCUT2D eigenvalue weighted by atomic mass is 9.98. The number of sulfonamides is 1. The molecule has 31 heavy (non-hydrogen) atoms. The number of rotatable bonds is 7. The van der Waals surface area contributed by atoms with E-state index in [0.29, 0.717) is 43.1 Å². The molecule has 0 unspecified atom stereocenters. The summed E-state index contributed by atoms with van der Waals surface area (Å²) in [5.41, 5.74) is 0.817. The number of hydrogen-bond acceptors (Lipinski definition) is 4. The highest BCUT2D eigenvalue weighted by atomic mass is 32.2. The Labute approximate surface area is 183 Å². The van der Waals surface area contributed by atoms with E-state index in [2.05, 4.69) is 10.6 Å². The van der Waals surface area contributed by atoms with Crippen molar-refractivity contribution in [1.29, 1.82) is 0 Å². The van der Waals surface area contributed by atoms with Crippen LogP contribution in [0.1, 0.15) is 37.0 Å². The van der Waals surface area contributed by atoms with E-state index in [0.717, 1.165) is 0 Å². The fourth-order valence-corrected chi connectivity index (χ4v) is 5.08. The molecule has 2 amide bonds. The molecule has 1 aliphatic heterocycles. The zero-order valence-electron chi connectivity index (χ0n) is 17.9. The molecule has 0 bridgehead atoms. The van der Waals surface area contributed by atoms with Gasteiger partial charge in [0.1, 0.15) is 0 Å². The third-order valence-corrected chi connectivity index (χ3v) is 7.12. The van der Waals surface area contributed by atoms with Crippen molar-refractivity contribution in [2.24, 2.45) is 11.8 Å². The third-order valence-electron chi connectivity index (χ3n) is 5.24. The van der Waals surface area contributed by atoms with Gasteiger partial charge in [-0.15, -0.1) is 0 Å². The van der Waals surface area contributed by atoms with Crippen LogP contribution in [0.5, 0.6) is 0 Å². The predicted octanol–water partition coefficient (Wildman–Crippen LogP) is 3.11. The number of carbonyl (C=O) groups excluding carboxylic acids is 2. The molecule has 1 heterocycles. The topological polar surface area (TPSA) is 95.6 Å². The van der Waals surface area contributed by atoms with E-state index in [1.54, 1.807) is 54.6 Å². The Kier molecular flexibility index (Phi) is 7.46. The molecule has 0 spiro atoms. The van der Waals surface area contributed by atoms with Gasteiger partial charge in [0.15, 0.2) is 0 Å². The SMILES string of the molecule is CC(C)CNC(=O)c1ccccc1NC(=O)[C@@H]1CCCN(S(=O)(=O)c2ccccc2)C1. The zero-order chi connectivity index (χ0) is 22.4. The van der Waals surface area contributed by atoms with Gasteiger partial charge in [-0.05, 0) is 43.0 Å². The van der Waals surface area contributed by atoms with E-state index in [1.807, 2.05) is 13.8 Å². The second-order valence-corrected chi connectivity index (χ2v) is 10.1. The van der Waals surface area contributed by atoms with Crippen molar-refractivity contribution >= 4 is 27.5 Å². The van der Waals surface area contributed by atoms with Crippen LogP contribution >= 0.6 is 0 Å². The van der Waals surface area contributed by atoms with Gasteiger partial charge in [-0.25, -0.2) is 8.42 Å². The van der Waals surface area contributed by atoms with Crippen LogP contribution in [0.4, 0.5) is 5.69 Å². The number of nitrogens with zero attached hydrogens (tertiary/aromatic N) is 1. The van der Waals surface area contributed by atoms with Crippen LogP contribution in [0, 0.1) is 11.8 Å². The number of nitrogens with one attached hydrogen (secondary N) is 2. The highest BCUT2D eigenvalue weighted by Gasteiger charge is 2.33. The summed E-state index contributed by atoms with van der Waals surface area (Å²) in [7, 11) is -3.65. The lowest BCUT2D eigenvalue weighted by molar-refractivity contribution is -0.120. The summed E-state index contributed by atoms with van der Waals surface area (Å²) in [6, 6.07) is 15.1. The lowest BCUT2D eigenvalue weighted by Crippen LogP contribution is -2.43. The largest absolute Gasteiger partial charge is 0.352 e. The first-order valence-electron chi connectivity index (χ1n) is 10.5. The molecule has 2 aromatic carbocycles. The van der Waals surface area contributed by atoms with Crippen molar-refractivity contribution in [3.63, 3.8) is 0 Å². The van der Waals surface area contributed by atoms with Gasteiger partial charge in [0.2, 0.25) is 15.9 Å². The first-order chi connectivity index (χ1) is 14.8. The number of carbonyl (C=O) groups is 2. The molecule has 2 N–H and O–H groups in total. The molecule has 1 saturated heterocycles. The van der Waals surface area contributed by atoms with E-state index in [4.69, 9.17) is 0 Å². The van der Waals surface area contributed by atoms with Crippen molar-refractivity contribution in [2.45, 2.75) is 31.6 Å². The first-order valence-corrected chi connectivity index (χ1v) is 12.0. The summed E-state index contributed by atoms with van der Waals surface area (Å²) in [6.45, 7) is 5.05. The molecule has 1 fully saturated rings. The molecular weight excluding hydrogens is 414 g/mol. The lowest BCUT2D eigenvalue weighted by Gasteiger charge is -2.31. The van der Waals surface area contributed by atoms with Gasteiger partial charge in [-0.3, -0.25) is 9.59 Å². The third kappa shape index (κ3) is 5.71. The number of amides is 2. The van der Waals surface area contributed by atoms with Gasteiger partial charge in [-0.1, -0.05) is 44.2 Å². The molecule has 0 saturated carbocycles. The number of piperidine rings is 1. The second kappa shape index (κ2) is 10.1. The molecule has 7 nitrogen and oxygen atoms in total. The van der Waals surface area contributed by atoms with Crippen LogP contribution in [0.3, 0.4) is 0 Å². The van der Waals surface area contributed by atoms with E-state index in [-0.39, 0.29) is 23.3 Å². The highest BCUT2D eigenvalue weighted by Crippen LogP contribution is 2.25. The average Bonchev–Trinajstić information content (AvgIpc) is 2.78. The van der Waals surface area contributed by atoms with Gasteiger partial charge < -0.3 is 10.6 Å². The molecule has 166 valence electrons. The number of anilines is 1. The normalized spacial score (nSPS) is 17.3. The number of para-hydroxylation sites is 1. The van der Waals surface area contributed by atoms with Gasteiger partial charge in [0.25, 0.3) is 5.91 Å². The van der Waals surface area contributed by atoms with Crippen LogP contribution < -0.4 is 10.6 Å². The molecule has 1 atom stereocenters. The second-order valence-electron chi connectivity index (χ2n) is 8.15. The predicted molar refractivity (Wildman–Crippen MR) is 120 cm³/mol. The molecule has 0 aromatic heterocycles. The van der Waals surface area contributed by atoms with E-state index in [9.17, 15) is 18.0 Å². The monoisotopic (exact) mass is 443 g/mol. The van der Waals surface area contributed by atoms with Crippen LogP contribution in [-0.2, 0) is 14.8 Å². The fourth-order valence-electron chi connectivity index (χ4n) is 3.53. The van der Waals surface area contributed by atoms with E-state index >= 15 is 0 Å². The maximum Gasteiger partial charge on any atom is 0.253 e. The summed E-state index contributed by atoms with van der Waals surface area (Å²) in [5, 5.41) is 5.70. The molecular formula is C23H29N3O4S. The van der Waals surface area contributed by atoms with Crippen LogP contribution in [0.25, 0.3) is 0 Å². The summed E-state index contributed by atoms with van der Waals surface area (Å²) in [4.78, 5) is 25.7. The van der Waals surface area contributed by atoms with Crippen LogP contribution in [0.15, 0.2) is 59.5 Å². The smallest absolute Gasteiger partial charge is 0.253 e. The van der Waals surface area contributed by atoms with Crippen molar-refractivity contribution < 1.29 is 18.0 Å². The summed E-state index contributed by atoms with van der Waals surface area (Å²) in [6.07, 6.45) is 1.19. The number of hydrogen-bond donors (Lipinski definition) is 2. The van der Waals surface area contributed by atoms with Gasteiger partial charge >= 0.3 is 0 Å². The van der Waals surface area contributed by atoms with Gasteiger partial charge in [0, 0.05) is 19.6 Å². The highest BCUT2D eigenvalue weighted by molar-refractivity contribution is 7.89. The summed E-state index contributed by atoms with van der Waals surface area (Å²) < 4.78 is 27.2. The van der Waals surface area contributed by atoms with Crippen molar-refractivity contribution in [3.05, 3.63) is 60.2 Å². The quantitative estimate of drug-likeness (QED) is 0.687. The van der Waals surface area contributed by atoms with Crippen LogP contribution in [-0.4, -0.2) is 44.2 Å². The summed E-state index contributed by atoms with van der Waals surface area (Å²) in [5.74, 6) is -0.705. The Bertz CT molecular complexity index is 1020. The Hall–Kier alpha value is -2.71. The van der Waals surface area contributed by atoms with Crippen molar-refractivity contribution in [1.82, 2.24) is 9.62 Å². The molecule has 2 aromatic rings. The minimum Gasteiger partial charge on any atom is -0.352 e. The fraction of sp³-hybridized carbons (Fsp3) is 0.391. The molecule has 8 heteroatoms. The molecule has 3 rings (SSSR count). The van der Waals surface area contributed by atoms with Gasteiger partial charge in [0.05, 0.1) is 22.1 Å². The van der Waals surface area contributed by atoms with E-state index < -0.39 is 15.9 Å². The Balaban J connectivity index is 1.71. The van der Waals surface area contributed by atoms with Crippen molar-refractivity contribution in [2.75, 3.05) is 25.0 Å². The first kappa shape index (κ1) is 23.0. The van der Waals surface area contributed by atoms with E-state index in [1.165, 1.54) is 4.31 Å². The Morgan fingerprint density at radius 3 is 2.45 bits per heavy atom. The van der Waals surface area contributed by atoms with Crippen molar-refractivity contribution in [3.8, 4) is 0 Å². The maximum atomic E-state index is 13.0. The molecule has 0 radical (unpaired) electrons. The Morgan fingerprint density at radius 2 is 1.74 bits per heavy atom.